The van der Waals surface area contributed by atoms with Crippen molar-refractivity contribution in [3.63, 3.8) is 0 Å². The Kier molecular flexibility index (Phi) is 4.94. The number of nitrogens with zero attached hydrogens (tertiary/aromatic N) is 2. The first-order valence-corrected chi connectivity index (χ1v) is 9.68. The van der Waals surface area contributed by atoms with Gasteiger partial charge in [-0.1, -0.05) is 26.0 Å². The van der Waals surface area contributed by atoms with Gasteiger partial charge in [0.2, 0.25) is 0 Å². The zero-order chi connectivity index (χ0) is 18.1. The van der Waals surface area contributed by atoms with Gasteiger partial charge in [0.1, 0.15) is 18.8 Å². The van der Waals surface area contributed by atoms with Crippen molar-refractivity contribution >= 4 is 6.09 Å². The molecule has 3 heterocycles. The minimum atomic E-state index is -0.151. The summed E-state index contributed by atoms with van der Waals surface area (Å²) >= 11 is 0. The van der Waals surface area contributed by atoms with Crippen LogP contribution in [0.25, 0.3) is 0 Å². The molecule has 1 aromatic carbocycles. The van der Waals surface area contributed by atoms with Gasteiger partial charge in [-0.15, -0.1) is 0 Å². The number of cyclic esters (lactones) is 1. The smallest absolute Gasteiger partial charge is 0.410 e. The molecule has 2 fully saturated rings. The molecule has 6 heteroatoms. The van der Waals surface area contributed by atoms with Gasteiger partial charge in [0, 0.05) is 19.1 Å². The van der Waals surface area contributed by atoms with Crippen molar-refractivity contribution in [3.8, 4) is 11.5 Å². The second-order valence-electron chi connectivity index (χ2n) is 7.87. The lowest BCUT2D eigenvalue weighted by Gasteiger charge is -2.38. The van der Waals surface area contributed by atoms with E-state index in [1.54, 1.807) is 0 Å². The predicted molar refractivity (Wildman–Crippen MR) is 97.6 cm³/mol. The zero-order valence-corrected chi connectivity index (χ0v) is 15.6. The van der Waals surface area contributed by atoms with Crippen LogP contribution in [0.1, 0.15) is 26.7 Å². The number of amides is 1. The first-order chi connectivity index (χ1) is 12.6. The molecule has 3 unspecified atom stereocenters. The lowest BCUT2D eigenvalue weighted by atomic mass is 10.0. The summed E-state index contributed by atoms with van der Waals surface area (Å²) in [5.74, 6) is 2.00. The summed E-state index contributed by atoms with van der Waals surface area (Å²) in [6, 6.07) is 8.04. The van der Waals surface area contributed by atoms with E-state index in [9.17, 15) is 4.79 Å². The number of carbonyl (C=O) groups is 1. The van der Waals surface area contributed by atoms with Crippen molar-refractivity contribution in [2.75, 3.05) is 32.8 Å². The normalized spacial score (nSPS) is 29.1. The Morgan fingerprint density at radius 3 is 2.73 bits per heavy atom. The van der Waals surface area contributed by atoms with Crippen molar-refractivity contribution in [3.05, 3.63) is 24.3 Å². The zero-order valence-electron chi connectivity index (χ0n) is 15.6. The van der Waals surface area contributed by atoms with Gasteiger partial charge in [0.25, 0.3) is 0 Å². The number of piperidine rings is 1. The van der Waals surface area contributed by atoms with Crippen LogP contribution in [0.4, 0.5) is 4.79 Å². The number of carbonyl (C=O) groups excluding carboxylic acids is 1. The number of ether oxygens (including phenoxy) is 3. The molecule has 26 heavy (non-hydrogen) atoms. The predicted octanol–water partition coefficient (Wildman–Crippen LogP) is 2.77. The molecule has 0 radical (unpaired) electrons. The molecule has 3 aliphatic rings. The van der Waals surface area contributed by atoms with Crippen LogP contribution >= 0.6 is 0 Å². The van der Waals surface area contributed by atoms with Gasteiger partial charge in [-0.2, -0.15) is 0 Å². The Labute approximate surface area is 155 Å². The van der Waals surface area contributed by atoms with Crippen molar-refractivity contribution in [2.24, 2.45) is 5.92 Å². The molecule has 0 aromatic heterocycles. The molecule has 4 rings (SSSR count). The van der Waals surface area contributed by atoms with E-state index in [-0.39, 0.29) is 24.3 Å². The molecule has 1 amide bonds. The first kappa shape index (κ1) is 17.5. The molecule has 3 aliphatic heterocycles. The molecule has 0 aliphatic carbocycles. The minimum Gasteiger partial charge on any atom is -0.486 e. The maximum atomic E-state index is 12.3. The summed E-state index contributed by atoms with van der Waals surface area (Å²) in [7, 11) is 0. The number of hydrogen-bond acceptors (Lipinski definition) is 5. The van der Waals surface area contributed by atoms with Gasteiger partial charge in [-0.05, 0) is 37.4 Å². The highest BCUT2D eigenvalue weighted by Gasteiger charge is 2.39. The lowest BCUT2D eigenvalue weighted by Crippen LogP contribution is -2.51. The van der Waals surface area contributed by atoms with E-state index < -0.39 is 0 Å². The summed E-state index contributed by atoms with van der Waals surface area (Å²) in [6.07, 6.45) is 2.02. The fourth-order valence-corrected chi connectivity index (χ4v) is 4.04. The number of benzene rings is 1. The Bertz CT molecular complexity index is 650. The number of rotatable bonds is 4. The molecule has 0 bridgehead atoms. The Morgan fingerprint density at radius 1 is 1.15 bits per heavy atom. The number of likely N-dealkylation sites (tertiary alicyclic amines) is 1. The fourth-order valence-electron chi connectivity index (χ4n) is 4.04. The summed E-state index contributed by atoms with van der Waals surface area (Å²) < 4.78 is 17.5. The summed E-state index contributed by atoms with van der Waals surface area (Å²) in [5, 5.41) is 0. The van der Waals surface area contributed by atoms with E-state index in [0.717, 1.165) is 44.0 Å². The van der Waals surface area contributed by atoms with Crippen LogP contribution in [0.15, 0.2) is 24.3 Å². The van der Waals surface area contributed by atoms with Gasteiger partial charge in [0.15, 0.2) is 11.5 Å². The van der Waals surface area contributed by atoms with E-state index in [0.29, 0.717) is 19.1 Å². The molecule has 6 nitrogen and oxygen atoms in total. The average Bonchev–Trinajstić information content (AvgIpc) is 3.04. The monoisotopic (exact) mass is 360 g/mol. The van der Waals surface area contributed by atoms with E-state index in [4.69, 9.17) is 14.2 Å². The SMILES string of the molecule is CC(C)C1CN(C2CCCN(CC3COc4ccccc4O3)C2)C(=O)O1. The van der Waals surface area contributed by atoms with E-state index in [2.05, 4.69) is 18.7 Å². The summed E-state index contributed by atoms with van der Waals surface area (Å²) in [5.41, 5.74) is 0. The van der Waals surface area contributed by atoms with Crippen LogP contribution in [-0.4, -0.2) is 66.9 Å². The van der Waals surface area contributed by atoms with Crippen LogP contribution in [0.3, 0.4) is 0 Å². The van der Waals surface area contributed by atoms with Gasteiger partial charge in [-0.25, -0.2) is 4.79 Å². The fraction of sp³-hybridized carbons (Fsp3) is 0.650. The largest absolute Gasteiger partial charge is 0.486 e. The number of fused-ring (bicyclic) bond motifs is 1. The van der Waals surface area contributed by atoms with Crippen molar-refractivity contribution < 1.29 is 19.0 Å². The van der Waals surface area contributed by atoms with Gasteiger partial charge < -0.3 is 19.1 Å². The third kappa shape index (κ3) is 3.61. The Balaban J connectivity index is 1.34. The van der Waals surface area contributed by atoms with Gasteiger partial charge in [0.05, 0.1) is 6.54 Å². The van der Waals surface area contributed by atoms with Crippen molar-refractivity contribution in [1.29, 1.82) is 0 Å². The third-order valence-corrected chi connectivity index (χ3v) is 5.56. The highest BCUT2D eigenvalue weighted by Crippen LogP contribution is 2.31. The van der Waals surface area contributed by atoms with E-state index in [1.165, 1.54) is 0 Å². The van der Waals surface area contributed by atoms with Crippen LogP contribution in [0, 0.1) is 5.92 Å². The van der Waals surface area contributed by atoms with Crippen molar-refractivity contribution in [2.45, 2.75) is 44.9 Å². The molecular weight excluding hydrogens is 332 g/mol. The van der Waals surface area contributed by atoms with E-state index in [1.807, 2.05) is 29.2 Å². The molecule has 2 saturated heterocycles. The quantitative estimate of drug-likeness (QED) is 0.826. The number of hydrogen-bond donors (Lipinski definition) is 0. The average molecular weight is 360 g/mol. The standard InChI is InChI=1S/C20H28N2O4/c1-14(2)19-12-22(20(23)26-19)15-6-5-9-21(10-15)11-16-13-24-17-7-3-4-8-18(17)25-16/h3-4,7-8,14-16,19H,5-6,9-13H2,1-2H3. The second kappa shape index (κ2) is 7.35. The molecule has 1 aromatic rings. The van der Waals surface area contributed by atoms with Crippen molar-refractivity contribution in [1.82, 2.24) is 9.80 Å². The van der Waals surface area contributed by atoms with Gasteiger partial charge >= 0.3 is 6.09 Å². The number of para-hydroxylation sites is 2. The maximum absolute atomic E-state index is 12.3. The van der Waals surface area contributed by atoms with E-state index >= 15 is 0 Å². The highest BCUT2D eigenvalue weighted by atomic mass is 16.6. The van der Waals surface area contributed by atoms with Gasteiger partial charge in [-0.3, -0.25) is 4.90 Å². The van der Waals surface area contributed by atoms with Crippen LogP contribution in [-0.2, 0) is 4.74 Å². The Hall–Kier alpha value is -1.95. The maximum Gasteiger partial charge on any atom is 0.410 e. The lowest BCUT2D eigenvalue weighted by molar-refractivity contribution is 0.0394. The third-order valence-electron chi connectivity index (χ3n) is 5.56. The van der Waals surface area contributed by atoms with Crippen LogP contribution in [0.2, 0.25) is 0 Å². The summed E-state index contributed by atoms with van der Waals surface area (Å²) in [6.45, 7) is 8.22. The van der Waals surface area contributed by atoms with Crippen LogP contribution < -0.4 is 9.47 Å². The molecule has 0 spiro atoms. The topological polar surface area (TPSA) is 51.2 Å². The molecule has 0 saturated carbocycles. The molecule has 3 atom stereocenters. The molecular formula is C20H28N2O4. The highest BCUT2D eigenvalue weighted by molar-refractivity contribution is 5.70. The molecule has 0 N–H and O–H groups in total. The molecule has 142 valence electrons. The minimum absolute atomic E-state index is 0.0180. The summed E-state index contributed by atoms with van der Waals surface area (Å²) in [4.78, 5) is 16.6. The first-order valence-electron chi connectivity index (χ1n) is 9.68. The Morgan fingerprint density at radius 2 is 1.96 bits per heavy atom. The second-order valence-corrected chi connectivity index (χ2v) is 7.87. The van der Waals surface area contributed by atoms with Crippen LogP contribution in [0.5, 0.6) is 11.5 Å².